The van der Waals surface area contributed by atoms with E-state index < -0.39 is 0 Å². The fourth-order valence-electron chi connectivity index (χ4n) is 2.97. The zero-order valence-electron chi connectivity index (χ0n) is 11.7. The van der Waals surface area contributed by atoms with Gasteiger partial charge in [-0.25, -0.2) is 4.98 Å². The number of rotatable bonds is 4. The Hall–Kier alpha value is -0.800. The molecule has 2 rings (SSSR count). The Morgan fingerprint density at radius 1 is 1.42 bits per heavy atom. The number of anilines is 1. The molecule has 106 valence electrons. The first-order valence-electron chi connectivity index (χ1n) is 7.35. The first kappa shape index (κ1) is 14.6. The summed E-state index contributed by atoms with van der Waals surface area (Å²) in [5.41, 5.74) is 7.16. The molecule has 19 heavy (non-hydrogen) atoms. The number of nitrogens with two attached hydrogens (primary N) is 1. The lowest BCUT2D eigenvalue weighted by atomic mass is 9.90. The Balaban J connectivity index is 2.10. The van der Waals surface area contributed by atoms with Gasteiger partial charge in [0.15, 0.2) is 0 Å². The smallest absolute Gasteiger partial charge is 0.126 e. The molecule has 4 heteroatoms. The minimum Gasteiger partial charge on any atom is -0.383 e. The Morgan fingerprint density at radius 3 is 3.00 bits per heavy atom. The predicted molar refractivity (Wildman–Crippen MR) is 81.6 cm³/mol. The molecule has 0 amide bonds. The van der Waals surface area contributed by atoms with E-state index in [1.807, 2.05) is 6.07 Å². The van der Waals surface area contributed by atoms with Crippen LogP contribution in [0.4, 0.5) is 5.82 Å². The molecule has 1 fully saturated rings. The third kappa shape index (κ3) is 4.08. The van der Waals surface area contributed by atoms with Gasteiger partial charge in [0.25, 0.3) is 0 Å². The monoisotopic (exact) mass is 281 g/mol. The molecule has 0 saturated heterocycles. The van der Waals surface area contributed by atoms with E-state index in [1.54, 1.807) is 6.20 Å². The normalized spacial score (nSPS) is 24.1. The third-order valence-corrected chi connectivity index (χ3v) is 4.17. The summed E-state index contributed by atoms with van der Waals surface area (Å²) in [6.45, 7) is 3.31. The average molecular weight is 282 g/mol. The predicted octanol–water partition coefficient (Wildman–Crippen LogP) is 3.73. The van der Waals surface area contributed by atoms with Crippen molar-refractivity contribution in [1.82, 2.24) is 10.3 Å². The highest BCUT2D eigenvalue weighted by Crippen LogP contribution is 2.35. The summed E-state index contributed by atoms with van der Waals surface area (Å²) in [7, 11) is 0. The highest BCUT2D eigenvalue weighted by Gasteiger charge is 2.23. The summed E-state index contributed by atoms with van der Waals surface area (Å²) in [6.07, 6.45) is 8.98. The van der Waals surface area contributed by atoms with Crippen LogP contribution in [0.25, 0.3) is 0 Å². The maximum absolute atomic E-state index is 6.06. The van der Waals surface area contributed by atoms with Gasteiger partial charge in [-0.3, -0.25) is 0 Å². The summed E-state index contributed by atoms with van der Waals surface area (Å²) >= 11 is 6.06. The number of nitrogens with zero attached hydrogens (tertiary/aromatic N) is 1. The van der Waals surface area contributed by atoms with Crippen molar-refractivity contribution in [2.75, 3.05) is 12.3 Å². The van der Waals surface area contributed by atoms with Gasteiger partial charge in [0, 0.05) is 12.2 Å². The standard InChI is InChI=1S/C15H24ClN3/c1-2-7-18-13-6-4-3-5-11(8-13)14-9-12(16)10-19-15(14)17/h9-11,13,18H,2-8H2,1H3,(H2,17,19). The quantitative estimate of drug-likeness (QED) is 0.827. The van der Waals surface area contributed by atoms with E-state index in [2.05, 4.69) is 17.2 Å². The van der Waals surface area contributed by atoms with Crippen LogP contribution in [0.2, 0.25) is 5.02 Å². The van der Waals surface area contributed by atoms with E-state index in [-0.39, 0.29) is 0 Å². The van der Waals surface area contributed by atoms with Crippen LogP contribution in [0.5, 0.6) is 0 Å². The molecule has 2 unspecified atom stereocenters. The van der Waals surface area contributed by atoms with Crippen LogP contribution >= 0.6 is 11.6 Å². The first-order valence-corrected chi connectivity index (χ1v) is 7.72. The number of aromatic nitrogens is 1. The molecule has 1 saturated carbocycles. The maximum Gasteiger partial charge on any atom is 0.126 e. The Bertz CT molecular complexity index is 408. The molecule has 0 aliphatic heterocycles. The fourth-order valence-corrected chi connectivity index (χ4v) is 3.14. The van der Waals surface area contributed by atoms with Crippen molar-refractivity contribution in [3.8, 4) is 0 Å². The third-order valence-electron chi connectivity index (χ3n) is 3.96. The summed E-state index contributed by atoms with van der Waals surface area (Å²) in [4.78, 5) is 4.20. The summed E-state index contributed by atoms with van der Waals surface area (Å²) in [6, 6.07) is 2.60. The van der Waals surface area contributed by atoms with E-state index in [0.717, 1.165) is 18.5 Å². The second kappa shape index (κ2) is 7.11. The second-order valence-corrected chi connectivity index (χ2v) is 5.93. The van der Waals surface area contributed by atoms with E-state index in [1.165, 1.54) is 32.1 Å². The van der Waals surface area contributed by atoms with Crippen molar-refractivity contribution in [2.24, 2.45) is 0 Å². The largest absolute Gasteiger partial charge is 0.383 e. The molecule has 2 atom stereocenters. The number of hydrogen-bond acceptors (Lipinski definition) is 3. The first-order chi connectivity index (χ1) is 9.20. The van der Waals surface area contributed by atoms with Crippen LogP contribution in [-0.2, 0) is 0 Å². The molecule has 3 N–H and O–H groups in total. The topological polar surface area (TPSA) is 50.9 Å². The zero-order valence-corrected chi connectivity index (χ0v) is 12.4. The number of nitrogens with one attached hydrogen (secondary N) is 1. The average Bonchev–Trinajstić information content (AvgIpc) is 2.64. The van der Waals surface area contributed by atoms with Crippen molar-refractivity contribution in [3.05, 3.63) is 22.8 Å². The fraction of sp³-hybridized carbons (Fsp3) is 0.667. The molecule has 1 heterocycles. The SMILES string of the molecule is CCCNC1CCCCC(c2cc(Cl)cnc2N)C1. The Labute approximate surface area is 120 Å². The maximum atomic E-state index is 6.06. The molecule has 0 aromatic carbocycles. The van der Waals surface area contributed by atoms with Crippen LogP contribution < -0.4 is 11.1 Å². The minimum absolute atomic E-state index is 0.489. The highest BCUT2D eigenvalue weighted by molar-refractivity contribution is 6.30. The zero-order chi connectivity index (χ0) is 13.7. The summed E-state index contributed by atoms with van der Waals surface area (Å²) in [5.74, 6) is 1.13. The molecule has 3 nitrogen and oxygen atoms in total. The van der Waals surface area contributed by atoms with Gasteiger partial charge in [0.05, 0.1) is 5.02 Å². The van der Waals surface area contributed by atoms with Gasteiger partial charge in [0.2, 0.25) is 0 Å². The molecule has 1 aromatic rings. The molecular formula is C15H24ClN3. The Kier molecular flexibility index (Phi) is 5.46. The lowest BCUT2D eigenvalue weighted by molar-refractivity contribution is 0.439. The van der Waals surface area contributed by atoms with Gasteiger partial charge in [-0.2, -0.15) is 0 Å². The lowest BCUT2D eigenvalue weighted by Gasteiger charge is -2.22. The van der Waals surface area contributed by atoms with E-state index in [0.29, 0.717) is 22.8 Å². The molecular weight excluding hydrogens is 258 g/mol. The van der Waals surface area contributed by atoms with Crippen LogP contribution in [0, 0.1) is 0 Å². The molecule has 1 aliphatic carbocycles. The van der Waals surface area contributed by atoms with E-state index in [4.69, 9.17) is 17.3 Å². The van der Waals surface area contributed by atoms with Crippen molar-refractivity contribution < 1.29 is 0 Å². The van der Waals surface area contributed by atoms with Crippen molar-refractivity contribution in [3.63, 3.8) is 0 Å². The van der Waals surface area contributed by atoms with Crippen LogP contribution in [0.15, 0.2) is 12.3 Å². The highest BCUT2D eigenvalue weighted by atomic mass is 35.5. The molecule has 1 aromatic heterocycles. The Morgan fingerprint density at radius 2 is 2.21 bits per heavy atom. The van der Waals surface area contributed by atoms with Gasteiger partial charge >= 0.3 is 0 Å². The van der Waals surface area contributed by atoms with E-state index >= 15 is 0 Å². The lowest BCUT2D eigenvalue weighted by Crippen LogP contribution is -2.30. The number of nitrogen functional groups attached to an aromatic ring is 1. The van der Waals surface area contributed by atoms with Crippen molar-refractivity contribution in [1.29, 1.82) is 0 Å². The van der Waals surface area contributed by atoms with Gasteiger partial charge < -0.3 is 11.1 Å². The molecule has 0 bridgehead atoms. The van der Waals surface area contributed by atoms with Crippen LogP contribution in [0.3, 0.4) is 0 Å². The van der Waals surface area contributed by atoms with Crippen molar-refractivity contribution in [2.45, 2.75) is 57.4 Å². The molecule has 0 spiro atoms. The number of pyridine rings is 1. The van der Waals surface area contributed by atoms with Gasteiger partial charge in [-0.1, -0.05) is 31.4 Å². The van der Waals surface area contributed by atoms with Crippen molar-refractivity contribution >= 4 is 17.4 Å². The summed E-state index contributed by atoms with van der Waals surface area (Å²) in [5, 5.41) is 4.34. The van der Waals surface area contributed by atoms with Gasteiger partial charge in [0.1, 0.15) is 5.82 Å². The van der Waals surface area contributed by atoms with Gasteiger partial charge in [-0.05, 0) is 49.8 Å². The molecule has 1 aliphatic rings. The van der Waals surface area contributed by atoms with Crippen LogP contribution in [-0.4, -0.2) is 17.6 Å². The number of halogens is 1. The van der Waals surface area contributed by atoms with Gasteiger partial charge in [-0.15, -0.1) is 0 Å². The molecule has 0 radical (unpaired) electrons. The van der Waals surface area contributed by atoms with Crippen LogP contribution in [0.1, 0.15) is 56.9 Å². The second-order valence-electron chi connectivity index (χ2n) is 5.50. The van der Waals surface area contributed by atoms with E-state index in [9.17, 15) is 0 Å². The minimum atomic E-state index is 0.489. The summed E-state index contributed by atoms with van der Waals surface area (Å²) < 4.78 is 0. The number of hydrogen-bond donors (Lipinski definition) is 2.